The normalized spacial score (nSPS) is 9.47. The van der Waals surface area contributed by atoms with Gasteiger partial charge in [-0.2, -0.15) is 5.26 Å². The fraction of sp³-hybridized carbons (Fsp3) is 0.364. The van der Waals surface area contributed by atoms with Crippen molar-refractivity contribution in [3.05, 3.63) is 24.0 Å². The number of nitrogen functional groups attached to an aromatic ring is 1. The Morgan fingerprint density at radius 3 is 3.06 bits per heavy atom. The fourth-order valence-electron chi connectivity index (χ4n) is 1.45. The molecule has 1 rings (SSSR count). The summed E-state index contributed by atoms with van der Waals surface area (Å²) in [6.07, 6.45) is 3.34. The Morgan fingerprint density at radius 1 is 1.71 bits per heavy atom. The van der Waals surface area contributed by atoms with Crippen molar-refractivity contribution in [3.8, 4) is 6.07 Å². The lowest BCUT2D eigenvalue weighted by Crippen LogP contribution is -2.32. The minimum absolute atomic E-state index is 0.155. The molecule has 0 saturated carbocycles. The van der Waals surface area contributed by atoms with Crippen LogP contribution in [-0.4, -0.2) is 28.9 Å². The fourth-order valence-corrected chi connectivity index (χ4v) is 1.45. The van der Waals surface area contributed by atoms with Crippen LogP contribution in [0.2, 0.25) is 0 Å². The topological polar surface area (TPSA) is 95.0 Å². The van der Waals surface area contributed by atoms with E-state index in [0.717, 1.165) is 0 Å². The Balaban J connectivity index is 2.90. The van der Waals surface area contributed by atoms with E-state index in [-0.39, 0.29) is 5.91 Å². The molecule has 17 heavy (non-hydrogen) atoms. The van der Waals surface area contributed by atoms with Crippen LogP contribution in [0.25, 0.3) is 0 Å². The van der Waals surface area contributed by atoms with Crippen LogP contribution in [0.5, 0.6) is 0 Å². The van der Waals surface area contributed by atoms with Crippen molar-refractivity contribution in [2.75, 3.05) is 18.5 Å². The predicted molar refractivity (Wildman–Crippen MR) is 63.9 cm³/mol. The highest BCUT2D eigenvalue weighted by molar-refractivity contribution is 5.99. The third kappa shape index (κ3) is 3.16. The summed E-state index contributed by atoms with van der Waals surface area (Å²) >= 11 is 0. The second kappa shape index (κ2) is 6.45. The largest absolute Gasteiger partial charge is 0.338 e. The van der Waals surface area contributed by atoms with Crippen molar-refractivity contribution < 1.29 is 4.79 Å². The smallest absolute Gasteiger partial charge is 0.256 e. The molecule has 0 unspecified atom stereocenters. The van der Waals surface area contributed by atoms with E-state index in [1.807, 2.05) is 13.0 Å². The van der Waals surface area contributed by atoms with Crippen LogP contribution < -0.4 is 11.3 Å². The van der Waals surface area contributed by atoms with Crippen LogP contribution in [0, 0.1) is 11.3 Å². The minimum atomic E-state index is -0.155. The summed E-state index contributed by atoms with van der Waals surface area (Å²) in [6.45, 7) is 2.83. The molecule has 90 valence electrons. The average Bonchev–Trinajstić information content (AvgIpc) is 2.39. The minimum Gasteiger partial charge on any atom is -0.338 e. The number of pyridine rings is 1. The first-order valence-corrected chi connectivity index (χ1v) is 5.31. The first-order valence-electron chi connectivity index (χ1n) is 5.31. The third-order valence-electron chi connectivity index (χ3n) is 2.37. The maximum Gasteiger partial charge on any atom is 0.256 e. The highest BCUT2D eigenvalue weighted by Crippen LogP contribution is 2.14. The number of nitrogens with zero attached hydrogens (tertiary/aromatic N) is 3. The summed E-state index contributed by atoms with van der Waals surface area (Å²) in [4.78, 5) is 17.6. The molecule has 3 N–H and O–H groups in total. The molecule has 0 fully saturated rings. The first kappa shape index (κ1) is 12.9. The third-order valence-corrected chi connectivity index (χ3v) is 2.37. The molecule has 1 amide bonds. The summed E-state index contributed by atoms with van der Waals surface area (Å²) in [7, 11) is 0. The lowest BCUT2D eigenvalue weighted by molar-refractivity contribution is 0.0768. The standard InChI is InChI=1S/C11H15N5O/c1-2-16(7-3-5-12)11(17)9-4-6-14-8-10(9)15-13/h4,6,8,15H,2-3,7,13H2,1H3. The maximum absolute atomic E-state index is 12.2. The van der Waals surface area contributed by atoms with E-state index in [1.165, 1.54) is 12.4 Å². The molecule has 0 radical (unpaired) electrons. The molecule has 1 heterocycles. The number of aromatic nitrogens is 1. The summed E-state index contributed by atoms with van der Waals surface area (Å²) in [5, 5.41) is 8.53. The molecule has 0 aliphatic carbocycles. The van der Waals surface area contributed by atoms with Crippen LogP contribution >= 0.6 is 0 Å². The number of rotatable bonds is 5. The van der Waals surface area contributed by atoms with Gasteiger partial charge in [-0.25, -0.2) is 0 Å². The summed E-state index contributed by atoms with van der Waals surface area (Å²) in [5.74, 6) is 5.16. The molecule has 0 aliphatic rings. The van der Waals surface area contributed by atoms with E-state index >= 15 is 0 Å². The Labute approximate surface area is 100 Å². The number of hydrazine groups is 1. The number of hydrogen-bond donors (Lipinski definition) is 2. The van der Waals surface area contributed by atoms with Crippen LogP contribution in [-0.2, 0) is 0 Å². The van der Waals surface area contributed by atoms with Gasteiger partial charge in [0, 0.05) is 19.3 Å². The van der Waals surface area contributed by atoms with Gasteiger partial charge in [-0.15, -0.1) is 0 Å². The van der Waals surface area contributed by atoms with Crippen LogP contribution in [0.3, 0.4) is 0 Å². The van der Waals surface area contributed by atoms with E-state index in [1.54, 1.807) is 11.0 Å². The second-order valence-corrected chi connectivity index (χ2v) is 3.36. The Kier molecular flexibility index (Phi) is 4.91. The molecule has 6 nitrogen and oxygen atoms in total. The number of hydrogen-bond acceptors (Lipinski definition) is 5. The average molecular weight is 233 g/mol. The Morgan fingerprint density at radius 2 is 2.47 bits per heavy atom. The molecule has 0 bridgehead atoms. The van der Waals surface area contributed by atoms with Crippen molar-refractivity contribution in [2.45, 2.75) is 13.3 Å². The highest BCUT2D eigenvalue weighted by Gasteiger charge is 2.16. The van der Waals surface area contributed by atoms with Gasteiger partial charge < -0.3 is 10.3 Å². The SMILES string of the molecule is CCN(CCC#N)C(=O)c1ccncc1NN. The van der Waals surface area contributed by atoms with Gasteiger partial charge in [-0.05, 0) is 13.0 Å². The molecule has 0 aromatic carbocycles. The molecular weight excluding hydrogens is 218 g/mol. The summed E-state index contributed by atoms with van der Waals surface area (Å²) in [6, 6.07) is 3.62. The number of nitriles is 1. The van der Waals surface area contributed by atoms with Gasteiger partial charge in [0.25, 0.3) is 5.91 Å². The zero-order valence-electron chi connectivity index (χ0n) is 9.68. The van der Waals surface area contributed by atoms with Crippen molar-refractivity contribution in [1.82, 2.24) is 9.88 Å². The van der Waals surface area contributed by atoms with Gasteiger partial charge in [0.2, 0.25) is 0 Å². The summed E-state index contributed by atoms with van der Waals surface area (Å²) in [5.41, 5.74) is 3.38. The van der Waals surface area contributed by atoms with Crippen LogP contribution in [0.15, 0.2) is 18.5 Å². The van der Waals surface area contributed by atoms with Crippen molar-refractivity contribution in [3.63, 3.8) is 0 Å². The van der Waals surface area contributed by atoms with E-state index in [2.05, 4.69) is 10.4 Å². The van der Waals surface area contributed by atoms with Gasteiger partial charge in [0.15, 0.2) is 0 Å². The lowest BCUT2D eigenvalue weighted by Gasteiger charge is -2.20. The van der Waals surface area contributed by atoms with Crippen molar-refractivity contribution in [2.24, 2.45) is 5.84 Å². The number of nitrogens with one attached hydrogen (secondary N) is 1. The van der Waals surface area contributed by atoms with Crippen LogP contribution in [0.1, 0.15) is 23.7 Å². The molecule has 1 aromatic heterocycles. The molecule has 0 saturated heterocycles. The van der Waals surface area contributed by atoms with Crippen molar-refractivity contribution >= 4 is 11.6 Å². The quantitative estimate of drug-likeness (QED) is 0.577. The van der Waals surface area contributed by atoms with Crippen LogP contribution in [0.4, 0.5) is 5.69 Å². The number of carbonyl (C=O) groups is 1. The number of amides is 1. The molecule has 1 aromatic rings. The monoisotopic (exact) mass is 233 g/mol. The molecule has 6 heteroatoms. The Bertz CT molecular complexity index is 426. The molecule has 0 spiro atoms. The van der Waals surface area contributed by atoms with Gasteiger partial charge in [0.05, 0.1) is 29.9 Å². The number of anilines is 1. The van der Waals surface area contributed by atoms with E-state index < -0.39 is 0 Å². The van der Waals surface area contributed by atoms with E-state index in [4.69, 9.17) is 11.1 Å². The zero-order chi connectivity index (χ0) is 12.7. The predicted octanol–water partition coefficient (Wildman–Crippen LogP) is 0.743. The van der Waals surface area contributed by atoms with E-state index in [0.29, 0.717) is 30.8 Å². The molecule has 0 atom stereocenters. The number of carbonyl (C=O) groups excluding carboxylic acids is 1. The highest BCUT2D eigenvalue weighted by atomic mass is 16.2. The maximum atomic E-state index is 12.2. The first-order chi connectivity index (χ1) is 8.24. The van der Waals surface area contributed by atoms with Gasteiger partial charge in [-0.1, -0.05) is 0 Å². The van der Waals surface area contributed by atoms with Gasteiger partial charge in [0.1, 0.15) is 0 Å². The second-order valence-electron chi connectivity index (χ2n) is 3.36. The molecule has 0 aliphatic heterocycles. The Hall–Kier alpha value is -2.13. The van der Waals surface area contributed by atoms with E-state index in [9.17, 15) is 4.79 Å². The van der Waals surface area contributed by atoms with Gasteiger partial charge in [-0.3, -0.25) is 15.6 Å². The summed E-state index contributed by atoms with van der Waals surface area (Å²) < 4.78 is 0. The number of nitrogens with two attached hydrogens (primary N) is 1. The lowest BCUT2D eigenvalue weighted by atomic mass is 10.2. The van der Waals surface area contributed by atoms with Crippen molar-refractivity contribution in [1.29, 1.82) is 5.26 Å². The zero-order valence-corrected chi connectivity index (χ0v) is 9.68. The molecular formula is C11H15N5O. The van der Waals surface area contributed by atoms with Gasteiger partial charge >= 0.3 is 0 Å².